The number of aromatic nitrogens is 3. The Hall–Kier alpha value is -3.73. The number of piperazine rings is 1. The molecule has 1 N–H and O–H groups in total. The predicted octanol–water partition coefficient (Wildman–Crippen LogP) is 5.17. The minimum atomic E-state index is -0.953. The minimum absolute atomic E-state index is 0.0230. The number of nitrogens with zero attached hydrogens (tertiary/aromatic N) is 5. The Morgan fingerprint density at radius 3 is 2.66 bits per heavy atom. The van der Waals surface area contributed by atoms with Crippen LogP contribution >= 0.6 is 11.6 Å². The highest BCUT2D eigenvalue weighted by molar-refractivity contribution is 6.30. The summed E-state index contributed by atoms with van der Waals surface area (Å²) in [7, 11) is 0. The van der Waals surface area contributed by atoms with Crippen LogP contribution in [0, 0.1) is 5.82 Å². The number of carboxylic acids is 1. The third kappa shape index (κ3) is 5.86. The molecule has 1 unspecified atom stereocenters. The van der Waals surface area contributed by atoms with Crippen molar-refractivity contribution in [1.82, 2.24) is 19.4 Å². The summed E-state index contributed by atoms with van der Waals surface area (Å²) in [4.78, 5) is 25.8. The number of hydrogen-bond donors (Lipinski definition) is 1. The smallest absolute Gasteiger partial charge is 0.335 e. The average Bonchev–Trinajstić information content (AvgIpc) is 3.32. The van der Waals surface area contributed by atoms with Crippen molar-refractivity contribution in [2.45, 2.75) is 38.6 Å². The van der Waals surface area contributed by atoms with Crippen molar-refractivity contribution in [1.29, 1.82) is 0 Å². The Kier molecular flexibility index (Phi) is 7.79. The van der Waals surface area contributed by atoms with Crippen LogP contribution in [0.15, 0.2) is 54.6 Å². The van der Waals surface area contributed by atoms with Crippen molar-refractivity contribution >= 4 is 34.4 Å². The lowest BCUT2D eigenvalue weighted by atomic mass is 10.1. The molecule has 2 aliphatic rings. The summed E-state index contributed by atoms with van der Waals surface area (Å²) in [6.45, 7) is 6.74. The van der Waals surface area contributed by atoms with Gasteiger partial charge in [0.1, 0.15) is 24.1 Å². The van der Waals surface area contributed by atoms with Gasteiger partial charge in [0.05, 0.1) is 35.3 Å². The van der Waals surface area contributed by atoms with Crippen LogP contribution in [0.4, 0.5) is 10.2 Å². The van der Waals surface area contributed by atoms with Gasteiger partial charge in [0.2, 0.25) is 5.88 Å². The highest BCUT2D eigenvalue weighted by atomic mass is 35.5. The SMILES string of the molecule is C[C@@H](c1nc2ccc(C(=O)O)cc2n1CC1CCO1)N1CCN(c2cccc(OCc3ccc(Cl)cc3F)n2)CC1. The summed E-state index contributed by atoms with van der Waals surface area (Å²) < 4.78 is 27.8. The summed E-state index contributed by atoms with van der Waals surface area (Å²) in [5.74, 6) is 0.789. The molecule has 2 aliphatic heterocycles. The number of fused-ring (bicyclic) bond motifs is 1. The fourth-order valence-corrected chi connectivity index (χ4v) is 5.53. The molecule has 2 saturated heterocycles. The van der Waals surface area contributed by atoms with Gasteiger partial charge in [-0.15, -0.1) is 0 Å². The highest BCUT2D eigenvalue weighted by Crippen LogP contribution is 2.29. The molecule has 41 heavy (non-hydrogen) atoms. The predicted molar refractivity (Wildman–Crippen MR) is 153 cm³/mol. The Labute approximate surface area is 242 Å². The number of pyridine rings is 1. The number of ether oxygens (including phenoxy) is 2. The Morgan fingerprint density at radius 1 is 1.15 bits per heavy atom. The van der Waals surface area contributed by atoms with Crippen LogP contribution < -0.4 is 9.64 Å². The lowest BCUT2D eigenvalue weighted by molar-refractivity contribution is -0.0594. The van der Waals surface area contributed by atoms with E-state index in [1.165, 1.54) is 6.07 Å². The normalized spacial score (nSPS) is 18.3. The number of anilines is 1. The van der Waals surface area contributed by atoms with Gasteiger partial charge in [-0.1, -0.05) is 23.7 Å². The maximum Gasteiger partial charge on any atom is 0.335 e. The fourth-order valence-electron chi connectivity index (χ4n) is 5.37. The van der Waals surface area contributed by atoms with E-state index < -0.39 is 11.8 Å². The lowest BCUT2D eigenvalue weighted by Crippen LogP contribution is -2.48. The van der Waals surface area contributed by atoms with Crippen molar-refractivity contribution in [3.05, 3.63) is 82.4 Å². The molecule has 2 atom stereocenters. The maximum atomic E-state index is 14.1. The van der Waals surface area contributed by atoms with Crippen molar-refractivity contribution in [2.24, 2.45) is 0 Å². The number of carboxylic acid groups (broad SMARTS) is 1. The van der Waals surface area contributed by atoms with Crippen molar-refractivity contribution < 1.29 is 23.8 Å². The van der Waals surface area contributed by atoms with E-state index in [1.54, 1.807) is 36.4 Å². The summed E-state index contributed by atoms with van der Waals surface area (Å²) >= 11 is 5.84. The summed E-state index contributed by atoms with van der Waals surface area (Å²) in [6.07, 6.45) is 1.09. The Balaban J connectivity index is 1.14. The van der Waals surface area contributed by atoms with Crippen LogP contribution in [0.25, 0.3) is 11.0 Å². The molecular formula is C30H31ClFN5O4. The van der Waals surface area contributed by atoms with Crippen LogP contribution in [0.5, 0.6) is 5.88 Å². The number of imidazole rings is 1. The van der Waals surface area contributed by atoms with Gasteiger partial charge in [0, 0.05) is 49.4 Å². The van der Waals surface area contributed by atoms with Gasteiger partial charge in [-0.25, -0.2) is 14.2 Å². The zero-order chi connectivity index (χ0) is 28.5. The molecule has 9 nitrogen and oxygen atoms in total. The van der Waals surface area contributed by atoms with Gasteiger partial charge < -0.3 is 24.0 Å². The van der Waals surface area contributed by atoms with Gasteiger partial charge in [0.25, 0.3) is 0 Å². The second-order valence-electron chi connectivity index (χ2n) is 10.4. The number of benzene rings is 2. The largest absolute Gasteiger partial charge is 0.478 e. The molecule has 2 fully saturated rings. The van der Waals surface area contributed by atoms with Gasteiger partial charge in [-0.2, -0.15) is 4.98 Å². The van der Waals surface area contributed by atoms with Crippen LogP contribution in [-0.4, -0.2) is 69.4 Å². The summed E-state index contributed by atoms with van der Waals surface area (Å²) in [5, 5.41) is 9.88. The van der Waals surface area contributed by atoms with Gasteiger partial charge in [0.15, 0.2) is 0 Å². The van der Waals surface area contributed by atoms with E-state index in [0.29, 0.717) is 23.0 Å². The molecule has 4 heterocycles. The van der Waals surface area contributed by atoms with E-state index in [-0.39, 0.29) is 24.3 Å². The molecule has 6 rings (SSSR count). The number of halogens is 2. The van der Waals surface area contributed by atoms with E-state index in [9.17, 15) is 14.3 Å². The average molecular weight is 580 g/mol. The Bertz CT molecular complexity index is 1570. The zero-order valence-electron chi connectivity index (χ0n) is 22.7. The standard InChI is InChI=1S/C30H31ClFN5O4/c1-19(29-33-25-8-6-20(30(38)39)15-26(25)37(29)17-23-9-14-40-23)35-10-12-36(13-11-35)27-3-2-4-28(34-27)41-18-21-5-7-22(31)16-24(21)32/h2-8,15-16,19,23H,9-14,17-18H2,1H3,(H,38,39)/t19-,23?/m0/s1. The molecule has 0 bridgehead atoms. The fraction of sp³-hybridized carbons (Fsp3) is 0.367. The number of carbonyl (C=O) groups is 1. The molecule has 0 radical (unpaired) electrons. The van der Waals surface area contributed by atoms with Gasteiger partial charge >= 0.3 is 5.97 Å². The van der Waals surface area contributed by atoms with Gasteiger partial charge in [-0.05, 0) is 49.7 Å². The third-order valence-electron chi connectivity index (χ3n) is 7.86. The van der Waals surface area contributed by atoms with Crippen LogP contribution in [0.2, 0.25) is 5.02 Å². The monoisotopic (exact) mass is 579 g/mol. The first-order chi connectivity index (χ1) is 19.9. The second-order valence-corrected chi connectivity index (χ2v) is 10.9. The van der Waals surface area contributed by atoms with E-state index >= 15 is 0 Å². The number of rotatable bonds is 9. The summed E-state index contributed by atoms with van der Waals surface area (Å²) in [6, 6.07) is 15.2. The lowest BCUT2D eigenvalue weighted by Gasteiger charge is -2.38. The zero-order valence-corrected chi connectivity index (χ0v) is 23.4. The molecule has 2 aromatic heterocycles. The molecule has 0 spiro atoms. The first-order valence-electron chi connectivity index (χ1n) is 13.7. The number of aromatic carboxylic acids is 1. The molecule has 11 heteroatoms. The quantitative estimate of drug-likeness (QED) is 0.290. The first-order valence-corrected chi connectivity index (χ1v) is 14.1. The molecular weight excluding hydrogens is 549 g/mol. The third-order valence-corrected chi connectivity index (χ3v) is 8.10. The number of hydrogen-bond acceptors (Lipinski definition) is 7. The van der Waals surface area contributed by atoms with Crippen molar-refractivity contribution in [2.75, 3.05) is 37.7 Å². The Morgan fingerprint density at radius 2 is 1.95 bits per heavy atom. The molecule has 0 saturated carbocycles. The molecule has 2 aromatic carbocycles. The van der Waals surface area contributed by atoms with Crippen molar-refractivity contribution in [3.63, 3.8) is 0 Å². The van der Waals surface area contributed by atoms with Crippen molar-refractivity contribution in [3.8, 4) is 5.88 Å². The van der Waals surface area contributed by atoms with E-state index in [1.807, 2.05) is 12.1 Å². The van der Waals surface area contributed by atoms with Crippen LogP contribution in [-0.2, 0) is 17.9 Å². The maximum absolute atomic E-state index is 14.1. The first kappa shape index (κ1) is 27.4. The summed E-state index contributed by atoms with van der Waals surface area (Å²) in [5.41, 5.74) is 2.27. The molecule has 0 aliphatic carbocycles. The van der Waals surface area contributed by atoms with E-state index in [0.717, 1.165) is 61.9 Å². The second kappa shape index (κ2) is 11.6. The van der Waals surface area contributed by atoms with Gasteiger partial charge in [-0.3, -0.25) is 4.90 Å². The van der Waals surface area contributed by atoms with Crippen LogP contribution in [0.3, 0.4) is 0 Å². The van der Waals surface area contributed by atoms with Crippen LogP contribution in [0.1, 0.15) is 41.1 Å². The highest BCUT2D eigenvalue weighted by Gasteiger charge is 2.29. The van der Waals surface area contributed by atoms with E-state index in [2.05, 4.69) is 26.3 Å². The molecule has 214 valence electrons. The van der Waals surface area contributed by atoms with E-state index in [4.69, 9.17) is 26.1 Å². The molecule has 0 amide bonds. The topological polar surface area (TPSA) is 92.9 Å². The minimum Gasteiger partial charge on any atom is -0.478 e. The molecule has 4 aromatic rings.